The molecule has 5 rings (SSSR count). The molecular weight excluding hydrogens is 658 g/mol. The van der Waals surface area contributed by atoms with Gasteiger partial charge in [-0.3, -0.25) is 19.1 Å². The van der Waals surface area contributed by atoms with Crippen LogP contribution in [0.2, 0.25) is 0 Å². The Kier molecular flexibility index (Phi) is 15.4. The average Bonchev–Trinajstić information content (AvgIpc) is 3.76. The molecule has 1 aromatic carbocycles. The van der Waals surface area contributed by atoms with Crippen LogP contribution in [0.1, 0.15) is 117 Å². The van der Waals surface area contributed by atoms with E-state index < -0.39 is 23.6 Å². The smallest absolute Gasteiger partial charge is 0.330 e. The van der Waals surface area contributed by atoms with Crippen LogP contribution in [0.25, 0.3) is 5.52 Å². The molecule has 12 nitrogen and oxygen atoms in total. The van der Waals surface area contributed by atoms with Gasteiger partial charge in [0.2, 0.25) is 0 Å². The monoisotopic (exact) mass is 713 g/mol. The Morgan fingerprint density at radius 3 is 2.35 bits per heavy atom. The van der Waals surface area contributed by atoms with Crippen molar-refractivity contribution in [3.63, 3.8) is 0 Å². The van der Waals surface area contributed by atoms with E-state index in [1.54, 1.807) is 12.2 Å². The van der Waals surface area contributed by atoms with Crippen LogP contribution >= 0.6 is 0 Å². The molecule has 0 saturated heterocycles. The van der Waals surface area contributed by atoms with Gasteiger partial charge in [-0.1, -0.05) is 87.8 Å². The van der Waals surface area contributed by atoms with Crippen molar-refractivity contribution in [3.8, 4) is 0 Å². The normalized spacial score (nSPS) is 15.5. The third-order valence-corrected chi connectivity index (χ3v) is 9.60. The minimum absolute atomic E-state index is 0.160. The van der Waals surface area contributed by atoms with Crippen LogP contribution in [0.5, 0.6) is 0 Å². The second kappa shape index (κ2) is 20.6. The van der Waals surface area contributed by atoms with Gasteiger partial charge in [-0.25, -0.2) is 14.3 Å². The molecule has 280 valence electrons. The average molecular weight is 714 g/mol. The highest BCUT2D eigenvalue weighted by atomic mass is 16.5. The van der Waals surface area contributed by atoms with Crippen molar-refractivity contribution >= 4 is 17.1 Å². The van der Waals surface area contributed by atoms with Gasteiger partial charge in [0, 0.05) is 43.3 Å². The number of H-pyrrole nitrogens is 1. The van der Waals surface area contributed by atoms with Crippen LogP contribution in [0.3, 0.4) is 0 Å². The number of ether oxygens (including phenoxy) is 1. The molecule has 12 heteroatoms. The molecule has 4 aromatic rings. The molecule has 2 unspecified atom stereocenters. The van der Waals surface area contributed by atoms with Gasteiger partial charge in [0.1, 0.15) is 17.7 Å². The number of hydrogen-bond donors (Lipinski definition) is 4. The first-order valence-corrected chi connectivity index (χ1v) is 19.1. The quantitative estimate of drug-likeness (QED) is 0.0387. The molecule has 0 fully saturated rings. The second-order valence-electron chi connectivity index (χ2n) is 13.7. The summed E-state index contributed by atoms with van der Waals surface area (Å²) in [7, 11) is 0. The van der Waals surface area contributed by atoms with Crippen molar-refractivity contribution in [2.24, 2.45) is 0 Å². The first kappa shape index (κ1) is 38.8. The van der Waals surface area contributed by atoms with Gasteiger partial charge in [-0.15, -0.1) is 5.10 Å². The van der Waals surface area contributed by atoms with Crippen molar-refractivity contribution in [1.82, 2.24) is 29.5 Å². The van der Waals surface area contributed by atoms with Crippen molar-refractivity contribution in [2.75, 3.05) is 25.0 Å². The summed E-state index contributed by atoms with van der Waals surface area (Å²) >= 11 is 0. The summed E-state index contributed by atoms with van der Waals surface area (Å²) in [4.78, 5) is 44.0. The summed E-state index contributed by atoms with van der Waals surface area (Å²) in [6.45, 7) is 3.94. The number of nitrogens with zero attached hydrogens (tertiary/aromatic N) is 4. The van der Waals surface area contributed by atoms with Crippen LogP contribution in [0.15, 0.2) is 70.4 Å². The van der Waals surface area contributed by atoms with Gasteiger partial charge in [0.15, 0.2) is 12.0 Å². The number of aryl methyl sites for hydroxylation is 2. The molecule has 4 heterocycles. The van der Waals surface area contributed by atoms with E-state index in [9.17, 15) is 19.5 Å². The van der Waals surface area contributed by atoms with E-state index in [0.717, 1.165) is 92.9 Å². The number of fused-ring (bicyclic) bond motifs is 1. The Labute approximate surface area is 305 Å². The molecular formula is C40H55N7O5. The zero-order valence-electron chi connectivity index (χ0n) is 30.5. The van der Waals surface area contributed by atoms with Crippen LogP contribution in [-0.2, 0) is 17.7 Å². The number of anilines is 1. The lowest BCUT2D eigenvalue weighted by Gasteiger charge is -2.15. The summed E-state index contributed by atoms with van der Waals surface area (Å²) in [5.74, 6) is 2.10. The molecule has 2 atom stereocenters. The maximum Gasteiger partial charge on any atom is 0.330 e. The van der Waals surface area contributed by atoms with E-state index >= 15 is 0 Å². The number of imidazole rings is 1. The van der Waals surface area contributed by atoms with Crippen molar-refractivity contribution in [2.45, 2.75) is 116 Å². The summed E-state index contributed by atoms with van der Waals surface area (Å²) in [6, 6.07) is 13.7. The van der Waals surface area contributed by atoms with Crippen LogP contribution < -0.4 is 21.9 Å². The lowest BCUT2D eigenvalue weighted by Crippen LogP contribution is -2.35. The first-order valence-electron chi connectivity index (χ1n) is 19.1. The number of carbonyl (C=O) groups excluding carboxylic acids is 1. The van der Waals surface area contributed by atoms with Gasteiger partial charge >= 0.3 is 5.69 Å². The Morgan fingerprint density at radius 1 is 0.885 bits per heavy atom. The van der Waals surface area contributed by atoms with E-state index in [4.69, 9.17) is 14.8 Å². The van der Waals surface area contributed by atoms with E-state index in [0.29, 0.717) is 18.5 Å². The number of aromatic amines is 1. The van der Waals surface area contributed by atoms with E-state index in [-0.39, 0.29) is 12.4 Å². The lowest BCUT2D eigenvalue weighted by atomic mass is 10.0. The number of rotatable bonds is 24. The number of aromatic nitrogens is 5. The van der Waals surface area contributed by atoms with Crippen molar-refractivity contribution < 1.29 is 14.6 Å². The maximum atomic E-state index is 12.3. The molecule has 0 amide bonds. The zero-order valence-corrected chi connectivity index (χ0v) is 30.5. The Bertz CT molecular complexity index is 1850. The highest BCUT2D eigenvalue weighted by molar-refractivity contribution is 5.95. The minimum Gasteiger partial charge on any atom is -0.393 e. The van der Waals surface area contributed by atoms with E-state index in [1.165, 1.54) is 42.9 Å². The number of aliphatic hydroxyl groups excluding tert-OH is 1. The Morgan fingerprint density at radius 2 is 1.60 bits per heavy atom. The fourth-order valence-corrected chi connectivity index (χ4v) is 6.61. The Balaban J connectivity index is 0.888. The number of aliphatic hydroxyl groups is 1. The number of carbonyl (C=O) groups is 1. The van der Waals surface area contributed by atoms with Gasteiger partial charge in [0.25, 0.3) is 5.56 Å². The number of nitrogens with one attached hydrogen (secondary N) is 3. The Hall–Kier alpha value is -4.39. The number of unbranched alkanes of at least 4 members (excludes halogenated alkanes) is 10. The third kappa shape index (κ3) is 11.6. The molecule has 0 radical (unpaired) electrons. The summed E-state index contributed by atoms with van der Waals surface area (Å²) in [5, 5.41) is 20.9. The van der Waals surface area contributed by atoms with Crippen molar-refractivity contribution in [1.29, 1.82) is 0 Å². The van der Waals surface area contributed by atoms with Gasteiger partial charge in [0.05, 0.1) is 17.8 Å². The van der Waals surface area contributed by atoms with E-state index in [1.807, 2.05) is 47.8 Å². The number of ketones is 1. The molecule has 0 saturated carbocycles. The zero-order chi connectivity index (χ0) is 36.5. The van der Waals surface area contributed by atoms with Gasteiger partial charge < -0.3 is 20.5 Å². The van der Waals surface area contributed by atoms with Gasteiger partial charge in [-0.05, 0) is 57.4 Å². The molecule has 52 heavy (non-hydrogen) atoms. The van der Waals surface area contributed by atoms with Crippen LogP contribution in [-0.4, -0.2) is 60.8 Å². The standard InChI is InChI=1S/C40H55N7O5/c1-30-34-22-23-36(45-47(34)37(43-30)20-14-7-6-13-19-35(49)31-17-11-10-12-18-31)42-26-16-9-5-3-2-4-8-15-25-41-27-32-28-46(40(51)44-39(32)50)38-24-21-33(29-48)52-38/h10-12,17-18,21-24,28,33,38,41,48H,2-9,13-16,19-20,25-27,29H2,1H3,(H,42,45)(H,44,50,51). The van der Waals surface area contributed by atoms with Crippen LogP contribution in [0.4, 0.5) is 5.82 Å². The van der Waals surface area contributed by atoms with Crippen LogP contribution in [0, 0.1) is 6.92 Å². The molecule has 3 aromatic heterocycles. The molecule has 0 bridgehead atoms. The maximum absolute atomic E-state index is 12.3. The molecule has 1 aliphatic rings. The van der Waals surface area contributed by atoms with E-state index in [2.05, 4.69) is 21.7 Å². The molecule has 0 spiro atoms. The summed E-state index contributed by atoms with van der Waals surface area (Å²) < 4.78 is 8.94. The first-order chi connectivity index (χ1) is 25.4. The minimum atomic E-state index is -0.632. The third-order valence-electron chi connectivity index (χ3n) is 9.60. The highest BCUT2D eigenvalue weighted by Gasteiger charge is 2.21. The largest absolute Gasteiger partial charge is 0.393 e. The highest BCUT2D eigenvalue weighted by Crippen LogP contribution is 2.20. The number of benzene rings is 1. The second-order valence-corrected chi connectivity index (χ2v) is 13.7. The molecule has 4 N–H and O–H groups in total. The SMILES string of the molecule is Cc1nc(CCCCCCC(=O)c2ccccc2)n2nc(NCCCCCCCCCCNCc3cn(C4C=CC(CO)O4)c(=O)[nH]c3=O)ccc12. The lowest BCUT2D eigenvalue weighted by molar-refractivity contribution is -0.0104. The summed E-state index contributed by atoms with van der Waals surface area (Å²) in [6.07, 6.45) is 18.7. The predicted octanol–water partition coefficient (Wildman–Crippen LogP) is 6.03. The number of Topliss-reactive ketones (excluding diaryl/α,β-unsaturated/α-hetero) is 1. The predicted molar refractivity (Wildman–Crippen MR) is 204 cm³/mol. The van der Waals surface area contributed by atoms with Gasteiger partial charge in [-0.2, -0.15) is 0 Å². The summed E-state index contributed by atoms with van der Waals surface area (Å²) in [5.41, 5.74) is 2.41. The molecule has 0 aliphatic carbocycles. The molecule has 1 aliphatic heterocycles. The number of hydrogen-bond acceptors (Lipinski definition) is 9. The topological polar surface area (TPSA) is 156 Å². The fraction of sp³-hybridized carbons (Fsp3) is 0.525. The fourth-order valence-electron chi connectivity index (χ4n) is 6.61. The van der Waals surface area contributed by atoms with Crippen molar-refractivity contribution in [3.05, 3.63) is 104 Å².